The number of hydrogen-bond donors (Lipinski definition) is 4. The molecule has 0 saturated heterocycles. The summed E-state index contributed by atoms with van der Waals surface area (Å²) in [6, 6.07) is 15.5. The van der Waals surface area contributed by atoms with Crippen LogP contribution in [0.15, 0.2) is 60.7 Å². The van der Waals surface area contributed by atoms with Crippen LogP contribution >= 0.6 is 0 Å². The van der Waals surface area contributed by atoms with E-state index in [4.69, 9.17) is 5.73 Å². The molecule has 244 valence electrons. The summed E-state index contributed by atoms with van der Waals surface area (Å²) in [5.41, 5.74) is 9.80. The lowest BCUT2D eigenvalue weighted by Gasteiger charge is -2.26. The van der Waals surface area contributed by atoms with Gasteiger partial charge in [0.15, 0.2) is 0 Å². The summed E-state index contributed by atoms with van der Waals surface area (Å²) in [4.78, 5) is 29.0. The highest BCUT2D eigenvalue weighted by Crippen LogP contribution is 2.17. The van der Waals surface area contributed by atoms with Crippen molar-refractivity contribution in [3.63, 3.8) is 0 Å². The zero-order chi connectivity index (χ0) is 32.8. The molecule has 0 aliphatic rings. The van der Waals surface area contributed by atoms with E-state index in [9.17, 15) is 23.5 Å². The topological polar surface area (TPSA) is 108 Å². The van der Waals surface area contributed by atoms with Crippen LogP contribution in [-0.2, 0) is 25.8 Å². The van der Waals surface area contributed by atoms with Gasteiger partial charge in [-0.3, -0.25) is 9.59 Å². The smallest absolute Gasteiger partial charge is 0.253 e. The third-order valence-corrected chi connectivity index (χ3v) is 7.69. The van der Waals surface area contributed by atoms with E-state index in [1.807, 2.05) is 32.0 Å². The molecule has 0 aliphatic carbocycles. The van der Waals surface area contributed by atoms with Crippen molar-refractivity contribution in [1.82, 2.24) is 15.5 Å². The Kier molecular flexibility index (Phi) is 14.6. The number of rotatable bonds is 18. The van der Waals surface area contributed by atoms with Crippen LogP contribution in [0.1, 0.15) is 83.0 Å². The van der Waals surface area contributed by atoms with Crippen molar-refractivity contribution in [3.05, 3.63) is 106 Å². The first kappa shape index (κ1) is 35.8. The number of nitrogens with one attached hydrogen (secondary N) is 2. The fourth-order valence-electron chi connectivity index (χ4n) is 5.42. The molecule has 0 bridgehead atoms. The quantitative estimate of drug-likeness (QED) is 0.157. The predicted octanol–water partition coefficient (Wildman–Crippen LogP) is 5.17. The number of aliphatic hydroxyl groups excluding tert-OH is 1. The van der Waals surface area contributed by atoms with E-state index < -0.39 is 29.7 Å². The van der Waals surface area contributed by atoms with Gasteiger partial charge in [0.2, 0.25) is 0 Å². The lowest BCUT2D eigenvalue weighted by molar-refractivity contribution is 0.0755. The van der Waals surface area contributed by atoms with E-state index in [1.165, 1.54) is 17.7 Å². The Morgan fingerprint density at radius 3 is 2.18 bits per heavy atom. The SMILES string of the molecule is CCCN(CCC)C(=O)c1cc(CCCN)cc(C(=O)N[C@@H](Cc2cc(F)cc(F)c2)[C@H](O)CNCc2cccc(CC)c2)c1. The molecule has 0 fully saturated rings. The fourth-order valence-corrected chi connectivity index (χ4v) is 5.42. The molecule has 2 atom stereocenters. The molecule has 3 rings (SSSR count). The number of amides is 2. The van der Waals surface area contributed by atoms with Gasteiger partial charge in [-0.1, -0.05) is 45.0 Å². The number of hydrogen-bond acceptors (Lipinski definition) is 5. The summed E-state index contributed by atoms with van der Waals surface area (Å²) in [6.45, 7) is 8.41. The maximum atomic E-state index is 14.1. The van der Waals surface area contributed by atoms with E-state index >= 15 is 0 Å². The van der Waals surface area contributed by atoms with Crippen LogP contribution in [0.3, 0.4) is 0 Å². The maximum absolute atomic E-state index is 14.1. The summed E-state index contributed by atoms with van der Waals surface area (Å²) in [5.74, 6) is -2.12. The molecule has 0 unspecified atom stereocenters. The zero-order valence-corrected chi connectivity index (χ0v) is 26.8. The minimum Gasteiger partial charge on any atom is -0.390 e. The van der Waals surface area contributed by atoms with Crippen molar-refractivity contribution < 1.29 is 23.5 Å². The minimum atomic E-state index is -1.08. The fraction of sp³-hybridized carbons (Fsp3) is 0.444. The second kappa shape index (κ2) is 18.3. The van der Waals surface area contributed by atoms with Crippen LogP contribution in [0, 0.1) is 11.6 Å². The molecule has 3 aromatic carbocycles. The average Bonchev–Trinajstić information content (AvgIpc) is 3.02. The largest absolute Gasteiger partial charge is 0.390 e. The summed E-state index contributed by atoms with van der Waals surface area (Å²) in [7, 11) is 0. The van der Waals surface area contributed by atoms with Crippen LogP contribution in [0.4, 0.5) is 8.78 Å². The Bertz CT molecular complexity index is 1370. The normalized spacial score (nSPS) is 12.5. The minimum absolute atomic E-state index is 0.00594. The number of carbonyl (C=O) groups is 2. The highest BCUT2D eigenvalue weighted by Gasteiger charge is 2.24. The molecular weight excluding hydrogens is 574 g/mol. The summed E-state index contributed by atoms with van der Waals surface area (Å²) < 4.78 is 28.1. The molecular formula is C36H48F2N4O3. The lowest BCUT2D eigenvalue weighted by Crippen LogP contribution is -2.48. The third kappa shape index (κ3) is 11.3. The van der Waals surface area contributed by atoms with E-state index in [0.717, 1.165) is 36.5 Å². The first-order chi connectivity index (χ1) is 21.7. The number of nitrogens with zero attached hydrogens (tertiary/aromatic N) is 1. The molecule has 3 aromatic rings. The number of carbonyl (C=O) groups excluding carboxylic acids is 2. The molecule has 9 heteroatoms. The average molecular weight is 623 g/mol. The number of nitrogens with two attached hydrogens (primary N) is 1. The molecule has 0 aliphatic heterocycles. The number of aryl methyl sites for hydroxylation is 2. The van der Waals surface area contributed by atoms with Gasteiger partial charge in [-0.2, -0.15) is 0 Å². The van der Waals surface area contributed by atoms with E-state index in [0.29, 0.717) is 50.1 Å². The van der Waals surface area contributed by atoms with Gasteiger partial charge < -0.3 is 26.4 Å². The summed E-state index contributed by atoms with van der Waals surface area (Å²) in [5, 5.41) is 17.4. The van der Waals surface area contributed by atoms with Crippen molar-refractivity contribution in [1.29, 1.82) is 0 Å². The molecule has 7 nitrogen and oxygen atoms in total. The first-order valence-corrected chi connectivity index (χ1v) is 16.0. The van der Waals surface area contributed by atoms with Crippen LogP contribution in [-0.4, -0.2) is 60.1 Å². The Morgan fingerprint density at radius 2 is 1.53 bits per heavy atom. The number of benzene rings is 3. The van der Waals surface area contributed by atoms with Gasteiger partial charge in [-0.05, 0) is 97.7 Å². The molecule has 5 N–H and O–H groups in total. The zero-order valence-electron chi connectivity index (χ0n) is 26.8. The van der Waals surface area contributed by atoms with Crippen molar-refractivity contribution in [2.24, 2.45) is 5.73 Å². The highest BCUT2D eigenvalue weighted by atomic mass is 19.1. The Balaban J connectivity index is 1.87. The van der Waals surface area contributed by atoms with Gasteiger partial charge in [0.25, 0.3) is 11.8 Å². The third-order valence-electron chi connectivity index (χ3n) is 7.69. The van der Waals surface area contributed by atoms with Crippen molar-refractivity contribution in [2.75, 3.05) is 26.2 Å². The van der Waals surface area contributed by atoms with Crippen molar-refractivity contribution >= 4 is 11.8 Å². The monoisotopic (exact) mass is 622 g/mol. The predicted molar refractivity (Wildman–Crippen MR) is 175 cm³/mol. The Labute approximate surface area is 266 Å². The maximum Gasteiger partial charge on any atom is 0.253 e. The molecule has 2 amide bonds. The van der Waals surface area contributed by atoms with E-state index in [1.54, 1.807) is 17.0 Å². The van der Waals surface area contributed by atoms with Gasteiger partial charge in [0.05, 0.1) is 12.1 Å². The van der Waals surface area contributed by atoms with E-state index in [2.05, 4.69) is 29.7 Å². The van der Waals surface area contributed by atoms with Gasteiger partial charge >= 0.3 is 0 Å². The molecule has 0 radical (unpaired) electrons. The number of aliphatic hydroxyl groups is 1. The molecule has 0 spiro atoms. The van der Waals surface area contributed by atoms with Gasteiger partial charge in [-0.15, -0.1) is 0 Å². The van der Waals surface area contributed by atoms with Gasteiger partial charge in [0.1, 0.15) is 11.6 Å². The lowest BCUT2D eigenvalue weighted by atomic mass is 9.98. The summed E-state index contributed by atoms with van der Waals surface area (Å²) in [6.07, 6.45) is 2.72. The highest BCUT2D eigenvalue weighted by molar-refractivity contribution is 6.00. The second-order valence-electron chi connectivity index (χ2n) is 11.5. The first-order valence-electron chi connectivity index (χ1n) is 16.0. The molecule has 0 aromatic heterocycles. The second-order valence-corrected chi connectivity index (χ2v) is 11.5. The molecule has 45 heavy (non-hydrogen) atoms. The Morgan fingerprint density at radius 1 is 0.867 bits per heavy atom. The van der Waals surface area contributed by atoms with Gasteiger partial charge in [-0.25, -0.2) is 8.78 Å². The Hall–Kier alpha value is -3.66. The van der Waals surface area contributed by atoms with Crippen molar-refractivity contribution in [3.8, 4) is 0 Å². The molecule has 0 saturated carbocycles. The van der Waals surface area contributed by atoms with E-state index in [-0.39, 0.29) is 24.4 Å². The van der Waals surface area contributed by atoms with Crippen molar-refractivity contribution in [2.45, 2.75) is 78.0 Å². The van der Waals surface area contributed by atoms with Crippen LogP contribution < -0.4 is 16.4 Å². The van der Waals surface area contributed by atoms with Crippen LogP contribution in [0.25, 0.3) is 0 Å². The summed E-state index contributed by atoms with van der Waals surface area (Å²) >= 11 is 0. The van der Waals surface area contributed by atoms with Crippen LogP contribution in [0.2, 0.25) is 0 Å². The van der Waals surface area contributed by atoms with Crippen LogP contribution in [0.5, 0.6) is 0 Å². The molecule has 0 heterocycles. The van der Waals surface area contributed by atoms with Gasteiger partial charge in [0, 0.05) is 43.4 Å². The standard InChI is InChI=1S/C36H48F2N4O3/c1-4-13-42(14-5-2)36(45)30-17-26(11-8-12-39)16-29(21-30)35(44)41-33(20-28-18-31(37)22-32(38)19-28)34(43)24-40-23-27-10-7-9-25(6-3)15-27/h7,9-10,15-19,21-22,33-34,40,43H,4-6,8,11-14,20,23-24,39H2,1-3H3,(H,41,44)/t33-,34+/m0/s1. The number of halogens is 2.